The van der Waals surface area contributed by atoms with E-state index in [4.69, 9.17) is 9.47 Å². The van der Waals surface area contributed by atoms with Crippen LogP contribution < -0.4 is 10.1 Å². The normalized spacial score (nSPS) is 10.4. The standard InChI is InChI=1S/C19H24N2O3/c1-3-23-19(22)10-11-20-12-16-6-8-18(9-7-16)24-14-17-5-4-15(2)21-13-17/h4-9,13,20H,3,10-12,14H2,1-2H3. The van der Waals surface area contributed by atoms with Crippen LogP contribution in [0.3, 0.4) is 0 Å². The zero-order valence-electron chi connectivity index (χ0n) is 14.2. The van der Waals surface area contributed by atoms with Crippen molar-refractivity contribution in [3.63, 3.8) is 0 Å². The van der Waals surface area contributed by atoms with Gasteiger partial charge in [0.2, 0.25) is 0 Å². The van der Waals surface area contributed by atoms with Crippen molar-refractivity contribution in [1.82, 2.24) is 10.3 Å². The maximum absolute atomic E-state index is 11.2. The van der Waals surface area contributed by atoms with Gasteiger partial charge >= 0.3 is 5.97 Å². The van der Waals surface area contributed by atoms with Crippen molar-refractivity contribution in [3.8, 4) is 5.75 Å². The smallest absolute Gasteiger partial charge is 0.307 e. The number of benzene rings is 1. The van der Waals surface area contributed by atoms with E-state index in [1.807, 2.05) is 56.4 Å². The molecule has 0 aliphatic heterocycles. The molecule has 5 nitrogen and oxygen atoms in total. The van der Waals surface area contributed by atoms with E-state index in [0.29, 0.717) is 32.7 Å². The summed E-state index contributed by atoms with van der Waals surface area (Å²) in [6.45, 7) is 6.02. The third-order valence-electron chi connectivity index (χ3n) is 3.44. The van der Waals surface area contributed by atoms with Crippen LogP contribution in [0.15, 0.2) is 42.6 Å². The predicted molar refractivity (Wildman–Crippen MR) is 92.7 cm³/mol. The molecule has 5 heteroatoms. The minimum absolute atomic E-state index is 0.167. The fraction of sp³-hybridized carbons (Fsp3) is 0.368. The molecule has 0 bridgehead atoms. The van der Waals surface area contributed by atoms with Gasteiger partial charge in [0.15, 0.2) is 0 Å². The zero-order valence-corrected chi connectivity index (χ0v) is 14.2. The predicted octanol–water partition coefficient (Wildman–Crippen LogP) is 3.01. The molecular weight excluding hydrogens is 304 g/mol. The average molecular weight is 328 g/mol. The van der Waals surface area contributed by atoms with Crippen LogP contribution in [0, 0.1) is 6.92 Å². The number of hydrogen-bond acceptors (Lipinski definition) is 5. The molecule has 0 aliphatic carbocycles. The fourth-order valence-electron chi connectivity index (χ4n) is 2.11. The first-order valence-corrected chi connectivity index (χ1v) is 8.17. The molecule has 0 aliphatic rings. The molecule has 24 heavy (non-hydrogen) atoms. The molecule has 1 heterocycles. The number of ether oxygens (including phenoxy) is 2. The van der Waals surface area contributed by atoms with E-state index in [2.05, 4.69) is 10.3 Å². The van der Waals surface area contributed by atoms with Crippen LogP contribution in [0.5, 0.6) is 5.75 Å². The van der Waals surface area contributed by atoms with Crippen molar-refractivity contribution in [2.75, 3.05) is 13.2 Å². The highest BCUT2D eigenvalue weighted by Gasteiger charge is 2.01. The molecule has 0 fully saturated rings. The topological polar surface area (TPSA) is 60.5 Å². The van der Waals surface area contributed by atoms with Crippen molar-refractivity contribution in [2.24, 2.45) is 0 Å². The minimum Gasteiger partial charge on any atom is -0.489 e. The number of pyridine rings is 1. The number of carbonyl (C=O) groups is 1. The molecule has 0 atom stereocenters. The van der Waals surface area contributed by atoms with E-state index in [1.54, 1.807) is 0 Å². The second-order valence-corrected chi connectivity index (χ2v) is 5.47. The molecule has 1 aromatic carbocycles. The van der Waals surface area contributed by atoms with Gasteiger partial charge in [-0.15, -0.1) is 0 Å². The summed E-state index contributed by atoms with van der Waals surface area (Å²) < 4.78 is 10.6. The van der Waals surface area contributed by atoms with E-state index >= 15 is 0 Å². The Morgan fingerprint density at radius 1 is 1.12 bits per heavy atom. The van der Waals surface area contributed by atoms with Gasteiger partial charge in [0.25, 0.3) is 0 Å². The highest BCUT2D eigenvalue weighted by molar-refractivity contribution is 5.69. The van der Waals surface area contributed by atoms with Crippen LogP contribution in [-0.2, 0) is 22.7 Å². The molecule has 128 valence electrons. The molecule has 1 N–H and O–H groups in total. The van der Waals surface area contributed by atoms with E-state index in [9.17, 15) is 4.79 Å². The number of aryl methyl sites for hydroxylation is 1. The van der Waals surface area contributed by atoms with Crippen LogP contribution in [0.1, 0.15) is 30.2 Å². The SMILES string of the molecule is CCOC(=O)CCNCc1ccc(OCc2ccc(C)nc2)cc1. The van der Waals surface area contributed by atoms with Crippen LogP contribution in [0.2, 0.25) is 0 Å². The van der Waals surface area contributed by atoms with Gasteiger partial charge in [0, 0.05) is 30.5 Å². The number of nitrogens with one attached hydrogen (secondary N) is 1. The quantitative estimate of drug-likeness (QED) is 0.566. The summed E-state index contributed by atoms with van der Waals surface area (Å²) in [6, 6.07) is 11.9. The molecule has 0 saturated carbocycles. The number of carbonyl (C=O) groups excluding carboxylic acids is 1. The van der Waals surface area contributed by atoms with E-state index in [1.165, 1.54) is 0 Å². The summed E-state index contributed by atoms with van der Waals surface area (Å²) in [5, 5.41) is 3.22. The van der Waals surface area contributed by atoms with Gasteiger partial charge in [-0.05, 0) is 37.6 Å². The summed E-state index contributed by atoms with van der Waals surface area (Å²) in [5.41, 5.74) is 3.19. The van der Waals surface area contributed by atoms with Crippen LogP contribution in [0.4, 0.5) is 0 Å². The van der Waals surface area contributed by atoms with Gasteiger partial charge < -0.3 is 14.8 Å². The maximum atomic E-state index is 11.2. The van der Waals surface area contributed by atoms with Crippen molar-refractivity contribution in [2.45, 2.75) is 33.4 Å². The third kappa shape index (κ3) is 6.38. The first-order valence-electron chi connectivity index (χ1n) is 8.17. The largest absolute Gasteiger partial charge is 0.489 e. The lowest BCUT2D eigenvalue weighted by Gasteiger charge is -2.08. The Labute approximate surface area is 143 Å². The molecule has 2 aromatic rings. The second-order valence-electron chi connectivity index (χ2n) is 5.47. The van der Waals surface area contributed by atoms with Gasteiger partial charge in [0.1, 0.15) is 12.4 Å². The number of aromatic nitrogens is 1. The summed E-state index contributed by atoms with van der Waals surface area (Å²) in [5.74, 6) is 0.658. The number of hydrogen-bond donors (Lipinski definition) is 1. The van der Waals surface area contributed by atoms with Crippen molar-refractivity contribution in [3.05, 3.63) is 59.4 Å². The Bertz CT molecular complexity index is 624. The second kappa shape index (κ2) is 9.67. The first kappa shape index (κ1) is 17.9. The lowest BCUT2D eigenvalue weighted by atomic mass is 10.2. The fourth-order valence-corrected chi connectivity index (χ4v) is 2.11. The third-order valence-corrected chi connectivity index (χ3v) is 3.44. The Kier molecular flexibility index (Phi) is 7.23. The summed E-state index contributed by atoms with van der Waals surface area (Å²) in [6.07, 6.45) is 2.22. The molecule has 0 amide bonds. The monoisotopic (exact) mass is 328 g/mol. The van der Waals surface area contributed by atoms with E-state index in [0.717, 1.165) is 22.6 Å². The summed E-state index contributed by atoms with van der Waals surface area (Å²) in [7, 11) is 0. The summed E-state index contributed by atoms with van der Waals surface area (Å²) in [4.78, 5) is 15.5. The number of rotatable bonds is 9. The lowest BCUT2D eigenvalue weighted by molar-refractivity contribution is -0.142. The Hall–Kier alpha value is -2.40. The first-order chi connectivity index (χ1) is 11.7. The zero-order chi connectivity index (χ0) is 17.2. The van der Waals surface area contributed by atoms with Crippen LogP contribution in [0.25, 0.3) is 0 Å². The highest BCUT2D eigenvalue weighted by Crippen LogP contribution is 2.14. The Morgan fingerprint density at radius 2 is 1.88 bits per heavy atom. The summed E-state index contributed by atoms with van der Waals surface area (Å²) >= 11 is 0. The number of esters is 1. The molecule has 0 spiro atoms. The van der Waals surface area contributed by atoms with Crippen molar-refractivity contribution < 1.29 is 14.3 Å². The maximum Gasteiger partial charge on any atom is 0.307 e. The molecular formula is C19H24N2O3. The highest BCUT2D eigenvalue weighted by atomic mass is 16.5. The van der Waals surface area contributed by atoms with Gasteiger partial charge in [-0.25, -0.2) is 0 Å². The molecule has 0 radical (unpaired) electrons. The lowest BCUT2D eigenvalue weighted by Crippen LogP contribution is -2.18. The van der Waals surface area contributed by atoms with Crippen molar-refractivity contribution in [1.29, 1.82) is 0 Å². The Balaban J connectivity index is 1.70. The number of nitrogens with zero attached hydrogens (tertiary/aromatic N) is 1. The van der Waals surface area contributed by atoms with Gasteiger partial charge in [0.05, 0.1) is 13.0 Å². The minimum atomic E-state index is -0.167. The average Bonchev–Trinajstić information content (AvgIpc) is 2.59. The van der Waals surface area contributed by atoms with E-state index in [-0.39, 0.29) is 5.97 Å². The van der Waals surface area contributed by atoms with Gasteiger partial charge in [-0.1, -0.05) is 18.2 Å². The van der Waals surface area contributed by atoms with Crippen LogP contribution in [-0.4, -0.2) is 24.1 Å². The molecule has 0 unspecified atom stereocenters. The molecule has 1 aromatic heterocycles. The van der Waals surface area contributed by atoms with Crippen molar-refractivity contribution >= 4 is 5.97 Å². The molecule has 0 saturated heterocycles. The Morgan fingerprint density at radius 3 is 2.54 bits per heavy atom. The van der Waals surface area contributed by atoms with Gasteiger partial charge in [-0.3, -0.25) is 9.78 Å². The van der Waals surface area contributed by atoms with Gasteiger partial charge in [-0.2, -0.15) is 0 Å². The van der Waals surface area contributed by atoms with Crippen LogP contribution >= 0.6 is 0 Å². The molecule has 2 rings (SSSR count). The van der Waals surface area contributed by atoms with E-state index < -0.39 is 0 Å².